The fraction of sp³-hybridized carbons (Fsp3) is 0.643. The third kappa shape index (κ3) is 5.45. The highest BCUT2D eigenvalue weighted by Gasteiger charge is 2.13. The van der Waals surface area contributed by atoms with Gasteiger partial charge in [0.1, 0.15) is 0 Å². The van der Waals surface area contributed by atoms with E-state index in [1.165, 1.54) is 12.5 Å². The van der Waals surface area contributed by atoms with Crippen molar-refractivity contribution in [1.29, 1.82) is 0 Å². The van der Waals surface area contributed by atoms with E-state index < -0.39 is 5.97 Å². The van der Waals surface area contributed by atoms with Crippen molar-refractivity contribution in [2.45, 2.75) is 33.7 Å². The molecule has 1 heterocycles. The third-order valence-corrected chi connectivity index (χ3v) is 3.40. The molecule has 0 aromatic carbocycles. The van der Waals surface area contributed by atoms with Crippen molar-refractivity contribution in [3.8, 4) is 0 Å². The summed E-state index contributed by atoms with van der Waals surface area (Å²) in [6.45, 7) is 8.52. The van der Waals surface area contributed by atoms with E-state index in [1.54, 1.807) is 9.47 Å². The molecule has 0 saturated carbocycles. The van der Waals surface area contributed by atoms with Crippen LogP contribution in [0.2, 0.25) is 0 Å². The molecular formula is C14H24N4O3. The van der Waals surface area contributed by atoms with Crippen LogP contribution in [0.1, 0.15) is 37.7 Å². The topological polar surface area (TPSA) is 87.5 Å². The van der Waals surface area contributed by atoms with E-state index in [1.807, 2.05) is 6.92 Å². The number of rotatable bonds is 8. The molecule has 0 spiro atoms. The number of nitrogens with zero attached hydrogens (tertiary/aromatic N) is 3. The maximum Gasteiger partial charge on any atom is 0.356 e. The Balaban J connectivity index is 2.39. The van der Waals surface area contributed by atoms with Crippen molar-refractivity contribution < 1.29 is 14.7 Å². The highest BCUT2D eigenvalue weighted by Crippen LogP contribution is 2.04. The second-order valence-corrected chi connectivity index (χ2v) is 5.09. The van der Waals surface area contributed by atoms with E-state index in [-0.39, 0.29) is 11.7 Å². The van der Waals surface area contributed by atoms with Gasteiger partial charge in [-0.25, -0.2) is 14.6 Å². The second-order valence-electron chi connectivity index (χ2n) is 5.09. The number of carboxylic acid groups (broad SMARTS) is 1. The zero-order chi connectivity index (χ0) is 15.8. The van der Waals surface area contributed by atoms with Crippen molar-refractivity contribution in [2.75, 3.05) is 19.6 Å². The monoisotopic (exact) mass is 296 g/mol. The minimum absolute atomic E-state index is 0.00767. The van der Waals surface area contributed by atoms with Gasteiger partial charge < -0.3 is 19.9 Å². The molecule has 0 fully saturated rings. The number of amides is 2. The van der Waals surface area contributed by atoms with Crippen LogP contribution in [-0.2, 0) is 6.54 Å². The summed E-state index contributed by atoms with van der Waals surface area (Å²) in [7, 11) is 0. The van der Waals surface area contributed by atoms with E-state index in [2.05, 4.69) is 24.1 Å². The smallest absolute Gasteiger partial charge is 0.356 e. The number of carbonyl (C=O) groups is 2. The first-order valence-electron chi connectivity index (χ1n) is 7.25. The second kappa shape index (κ2) is 8.28. The first kappa shape index (κ1) is 17.0. The molecule has 21 heavy (non-hydrogen) atoms. The molecule has 1 unspecified atom stereocenters. The first-order chi connectivity index (χ1) is 9.97. The number of carbonyl (C=O) groups excluding carboxylic acids is 1. The Morgan fingerprint density at radius 2 is 2.19 bits per heavy atom. The number of hydrogen-bond acceptors (Lipinski definition) is 3. The lowest BCUT2D eigenvalue weighted by atomic mass is 10.1. The molecule has 1 aromatic rings. The van der Waals surface area contributed by atoms with Crippen molar-refractivity contribution in [3.05, 3.63) is 18.2 Å². The summed E-state index contributed by atoms with van der Waals surface area (Å²) in [5.41, 5.74) is 0.00767. The van der Waals surface area contributed by atoms with Gasteiger partial charge in [0.2, 0.25) is 0 Å². The van der Waals surface area contributed by atoms with Crippen LogP contribution in [0.3, 0.4) is 0 Å². The number of hydrogen-bond donors (Lipinski definition) is 2. The molecule has 1 atom stereocenters. The lowest BCUT2D eigenvalue weighted by molar-refractivity contribution is 0.0691. The van der Waals surface area contributed by atoms with Crippen LogP contribution in [0.25, 0.3) is 0 Å². The molecule has 7 nitrogen and oxygen atoms in total. The first-order valence-corrected chi connectivity index (χ1v) is 7.25. The third-order valence-electron chi connectivity index (χ3n) is 3.40. The van der Waals surface area contributed by atoms with Crippen LogP contribution in [0.5, 0.6) is 0 Å². The number of aromatic carboxylic acids is 1. The molecule has 1 rings (SSSR count). The number of aromatic nitrogens is 2. The Morgan fingerprint density at radius 3 is 2.71 bits per heavy atom. The molecule has 0 bridgehead atoms. The van der Waals surface area contributed by atoms with Gasteiger partial charge >= 0.3 is 12.0 Å². The van der Waals surface area contributed by atoms with Gasteiger partial charge in [0.25, 0.3) is 0 Å². The Morgan fingerprint density at radius 1 is 1.48 bits per heavy atom. The molecule has 7 heteroatoms. The fourth-order valence-corrected chi connectivity index (χ4v) is 1.86. The van der Waals surface area contributed by atoms with Crippen LogP contribution >= 0.6 is 0 Å². The SMILES string of the molecule is CCC(C)CN(CC)C(=O)NCCn1cnc(C(=O)O)c1. The molecule has 2 N–H and O–H groups in total. The van der Waals surface area contributed by atoms with Crippen molar-refractivity contribution in [2.24, 2.45) is 5.92 Å². The van der Waals surface area contributed by atoms with E-state index >= 15 is 0 Å². The van der Waals surface area contributed by atoms with Crippen LogP contribution in [0.15, 0.2) is 12.5 Å². The predicted octanol–water partition coefficient (Wildman–Crippen LogP) is 1.66. The van der Waals surface area contributed by atoms with Gasteiger partial charge in [-0.3, -0.25) is 0 Å². The van der Waals surface area contributed by atoms with E-state index in [0.29, 0.717) is 25.6 Å². The summed E-state index contributed by atoms with van der Waals surface area (Å²) in [6.07, 6.45) is 3.94. The largest absolute Gasteiger partial charge is 0.476 e. The van der Waals surface area contributed by atoms with Gasteiger partial charge in [-0.1, -0.05) is 20.3 Å². The van der Waals surface area contributed by atoms with Crippen molar-refractivity contribution in [1.82, 2.24) is 19.8 Å². The lowest BCUT2D eigenvalue weighted by Gasteiger charge is -2.24. The normalized spacial score (nSPS) is 12.0. The minimum Gasteiger partial charge on any atom is -0.476 e. The molecule has 0 aliphatic heterocycles. The van der Waals surface area contributed by atoms with Gasteiger partial charge in [0, 0.05) is 32.4 Å². The number of urea groups is 1. The number of nitrogens with one attached hydrogen (secondary N) is 1. The average molecular weight is 296 g/mol. The van der Waals surface area contributed by atoms with Gasteiger partial charge in [-0.2, -0.15) is 0 Å². The van der Waals surface area contributed by atoms with Crippen LogP contribution in [-0.4, -0.2) is 51.2 Å². The molecule has 0 aliphatic rings. The number of carboxylic acids is 1. The van der Waals surface area contributed by atoms with E-state index in [4.69, 9.17) is 5.11 Å². The Hall–Kier alpha value is -2.05. The van der Waals surface area contributed by atoms with Gasteiger partial charge in [0.15, 0.2) is 5.69 Å². The Kier molecular flexibility index (Phi) is 6.71. The summed E-state index contributed by atoms with van der Waals surface area (Å²) < 4.78 is 1.65. The summed E-state index contributed by atoms with van der Waals surface area (Å²) >= 11 is 0. The zero-order valence-corrected chi connectivity index (χ0v) is 12.9. The maximum absolute atomic E-state index is 12.0. The van der Waals surface area contributed by atoms with Crippen LogP contribution < -0.4 is 5.32 Å². The molecule has 118 valence electrons. The highest BCUT2D eigenvalue weighted by atomic mass is 16.4. The van der Waals surface area contributed by atoms with Crippen molar-refractivity contribution in [3.63, 3.8) is 0 Å². The molecule has 0 radical (unpaired) electrons. The van der Waals surface area contributed by atoms with Gasteiger partial charge in [0.05, 0.1) is 6.33 Å². The standard InChI is InChI=1S/C14H24N4O3/c1-4-11(3)8-18(5-2)14(21)15-6-7-17-9-12(13(19)20)16-10-17/h9-11H,4-8H2,1-3H3,(H,15,21)(H,19,20). The van der Waals surface area contributed by atoms with Gasteiger partial charge in [-0.15, -0.1) is 0 Å². The van der Waals surface area contributed by atoms with Crippen molar-refractivity contribution >= 4 is 12.0 Å². The summed E-state index contributed by atoms with van der Waals surface area (Å²) in [4.78, 5) is 28.3. The minimum atomic E-state index is -1.05. The average Bonchev–Trinajstić information content (AvgIpc) is 2.93. The zero-order valence-electron chi connectivity index (χ0n) is 12.9. The van der Waals surface area contributed by atoms with Crippen LogP contribution in [0, 0.1) is 5.92 Å². The van der Waals surface area contributed by atoms with E-state index in [0.717, 1.165) is 13.0 Å². The summed E-state index contributed by atoms with van der Waals surface area (Å²) in [6, 6.07) is -0.0867. The predicted molar refractivity (Wildman–Crippen MR) is 79.3 cm³/mol. The molecular weight excluding hydrogens is 272 g/mol. The summed E-state index contributed by atoms with van der Waals surface area (Å²) in [5, 5.41) is 11.6. The maximum atomic E-state index is 12.0. The van der Waals surface area contributed by atoms with Crippen LogP contribution in [0.4, 0.5) is 4.79 Å². The summed E-state index contributed by atoms with van der Waals surface area (Å²) in [5.74, 6) is -0.578. The van der Waals surface area contributed by atoms with Gasteiger partial charge in [-0.05, 0) is 12.8 Å². The van der Waals surface area contributed by atoms with E-state index in [9.17, 15) is 9.59 Å². The Labute approximate surface area is 125 Å². The highest BCUT2D eigenvalue weighted by molar-refractivity contribution is 5.84. The number of imidazole rings is 1. The quantitative estimate of drug-likeness (QED) is 0.763. The fourth-order valence-electron chi connectivity index (χ4n) is 1.86. The Bertz CT molecular complexity index is 473. The molecule has 2 amide bonds. The lowest BCUT2D eigenvalue weighted by Crippen LogP contribution is -2.42. The molecule has 0 aliphatic carbocycles. The molecule has 0 saturated heterocycles. The molecule has 1 aromatic heterocycles.